The van der Waals surface area contributed by atoms with Crippen LogP contribution in [0.15, 0.2) is 34.9 Å². The molecule has 26 heavy (non-hydrogen) atoms. The molecule has 2 N–H and O–H groups in total. The molecule has 1 unspecified atom stereocenters. The number of likely N-dealkylation sites (N-methyl/N-ethyl adjacent to an activating group) is 1. The number of amides is 2. The van der Waals surface area contributed by atoms with Gasteiger partial charge in [-0.1, -0.05) is 17.3 Å². The summed E-state index contributed by atoms with van der Waals surface area (Å²) in [4.78, 5) is 35.1. The van der Waals surface area contributed by atoms with Gasteiger partial charge in [0.15, 0.2) is 17.2 Å². The largest absolute Gasteiger partial charge is 0.486 e. The predicted molar refractivity (Wildman–Crippen MR) is 92.9 cm³/mol. The van der Waals surface area contributed by atoms with Crippen LogP contribution in [0.3, 0.4) is 0 Å². The maximum atomic E-state index is 12.1. The smallest absolute Gasteiger partial charge is 0.274 e. The zero-order valence-electron chi connectivity index (χ0n) is 14.9. The van der Waals surface area contributed by atoms with Crippen LogP contribution in [0, 0.1) is 0 Å². The number of hydrogen-bond donors (Lipinski definition) is 2. The number of nitrogens with zero attached hydrogens (tertiary/aromatic N) is 1. The van der Waals surface area contributed by atoms with E-state index in [2.05, 4.69) is 15.8 Å². The number of benzene rings is 1. The van der Waals surface area contributed by atoms with Crippen LogP contribution in [-0.4, -0.2) is 35.3 Å². The number of nitrogens with one attached hydrogen (secondary N) is 2. The third-order valence-electron chi connectivity index (χ3n) is 3.51. The minimum atomic E-state index is -0.687. The number of carbonyl (C=O) groups is 3. The molecule has 8 heteroatoms. The fraction of sp³-hybridized carbons (Fsp3) is 0.333. The van der Waals surface area contributed by atoms with Crippen LogP contribution in [0.2, 0.25) is 0 Å². The Kier molecular flexibility index (Phi) is 6.48. The van der Waals surface area contributed by atoms with Crippen LogP contribution in [-0.2, 0) is 11.4 Å². The van der Waals surface area contributed by atoms with Gasteiger partial charge in [-0.05, 0) is 32.9 Å². The number of aromatic nitrogens is 1. The fourth-order valence-corrected chi connectivity index (χ4v) is 2.11. The van der Waals surface area contributed by atoms with E-state index in [4.69, 9.17) is 9.26 Å². The van der Waals surface area contributed by atoms with Crippen LogP contribution in [0.5, 0.6) is 5.75 Å². The summed E-state index contributed by atoms with van der Waals surface area (Å²) in [5.41, 5.74) is 0.594. The van der Waals surface area contributed by atoms with E-state index in [0.29, 0.717) is 23.6 Å². The Balaban J connectivity index is 1.93. The van der Waals surface area contributed by atoms with Crippen molar-refractivity contribution >= 4 is 17.6 Å². The van der Waals surface area contributed by atoms with Crippen molar-refractivity contribution in [2.75, 3.05) is 6.54 Å². The van der Waals surface area contributed by atoms with Crippen molar-refractivity contribution in [2.45, 2.75) is 33.4 Å². The fourth-order valence-electron chi connectivity index (χ4n) is 2.11. The lowest BCUT2D eigenvalue weighted by molar-refractivity contribution is -0.122. The first-order valence-corrected chi connectivity index (χ1v) is 8.18. The normalized spacial score (nSPS) is 11.5. The van der Waals surface area contributed by atoms with Gasteiger partial charge in [0.1, 0.15) is 18.4 Å². The number of ether oxygens (including phenoxy) is 1. The predicted octanol–water partition coefficient (Wildman–Crippen LogP) is 1.71. The van der Waals surface area contributed by atoms with Crippen LogP contribution in [0.4, 0.5) is 0 Å². The Labute approximate surface area is 150 Å². The molecule has 0 aliphatic rings. The van der Waals surface area contributed by atoms with Crippen molar-refractivity contribution in [3.05, 3.63) is 47.3 Å². The minimum absolute atomic E-state index is 0.0491. The zero-order chi connectivity index (χ0) is 19.1. The van der Waals surface area contributed by atoms with Gasteiger partial charge < -0.3 is 19.9 Å². The van der Waals surface area contributed by atoms with Crippen molar-refractivity contribution < 1.29 is 23.6 Å². The third-order valence-corrected chi connectivity index (χ3v) is 3.51. The molecule has 138 valence electrons. The molecule has 2 rings (SSSR count). The second-order valence-electron chi connectivity index (χ2n) is 5.64. The first-order valence-electron chi connectivity index (χ1n) is 8.18. The molecule has 2 amide bonds. The summed E-state index contributed by atoms with van der Waals surface area (Å²) < 4.78 is 10.6. The highest BCUT2D eigenvalue weighted by atomic mass is 16.5. The van der Waals surface area contributed by atoms with E-state index >= 15 is 0 Å². The van der Waals surface area contributed by atoms with Gasteiger partial charge in [-0.15, -0.1) is 0 Å². The molecule has 0 bridgehead atoms. The highest BCUT2D eigenvalue weighted by Gasteiger charge is 2.19. The van der Waals surface area contributed by atoms with Gasteiger partial charge in [0.2, 0.25) is 5.91 Å². The monoisotopic (exact) mass is 359 g/mol. The Bertz CT molecular complexity index is 800. The summed E-state index contributed by atoms with van der Waals surface area (Å²) in [5.74, 6) is -0.00936. The van der Waals surface area contributed by atoms with Gasteiger partial charge in [-0.2, -0.15) is 0 Å². The quantitative estimate of drug-likeness (QED) is 0.694. The van der Waals surface area contributed by atoms with E-state index in [9.17, 15) is 14.4 Å². The molecular weight excluding hydrogens is 338 g/mol. The molecule has 1 aromatic carbocycles. The maximum absolute atomic E-state index is 12.1. The van der Waals surface area contributed by atoms with Gasteiger partial charge in [-0.25, -0.2) is 0 Å². The van der Waals surface area contributed by atoms with Crippen molar-refractivity contribution in [3.8, 4) is 5.75 Å². The van der Waals surface area contributed by atoms with Gasteiger partial charge in [-0.3, -0.25) is 14.4 Å². The summed E-state index contributed by atoms with van der Waals surface area (Å²) >= 11 is 0. The van der Waals surface area contributed by atoms with Crippen LogP contribution < -0.4 is 15.4 Å². The van der Waals surface area contributed by atoms with Crippen LogP contribution in [0.1, 0.15) is 47.4 Å². The topological polar surface area (TPSA) is 111 Å². The van der Waals surface area contributed by atoms with E-state index in [-0.39, 0.29) is 24.0 Å². The lowest BCUT2D eigenvalue weighted by atomic mass is 10.1. The van der Waals surface area contributed by atoms with Gasteiger partial charge >= 0.3 is 0 Å². The average molecular weight is 359 g/mol. The van der Waals surface area contributed by atoms with Gasteiger partial charge in [0.05, 0.1) is 0 Å². The molecule has 0 saturated heterocycles. The number of hydrogen-bond acceptors (Lipinski definition) is 6. The lowest BCUT2D eigenvalue weighted by Crippen LogP contribution is -2.44. The summed E-state index contributed by atoms with van der Waals surface area (Å²) in [6.07, 6.45) is 0. The van der Waals surface area contributed by atoms with Crippen molar-refractivity contribution in [3.63, 3.8) is 0 Å². The molecule has 0 radical (unpaired) electrons. The van der Waals surface area contributed by atoms with E-state index in [1.807, 2.05) is 0 Å². The second kappa shape index (κ2) is 8.80. The van der Waals surface area contributed by atoms with Crippen LogP contribution >= 0.6 is 0 Å². The number of Topliss-reactive ketones (excluding diaryl/α,β-unsaturated/α-hetero) is 1. The molecule has 0 spiro atoms. The second-order valence-corrected chi connectivity index (χ2v) is 5.64. The molecule has 8 nitrogen and oxygen atoms in total. The highest BCUT2D eigenvalue weighted by molar-refractivity contribution is 5.96. The average Bonchev–Trinajstić information content (AvgIpc) is 3.09. The molecule has 1 atom stereocenters. The Morgan fingerprint density at radius 2 is 2.04 bits per heavy atom. The standard InChI is InChI=1S/C18H21N3O5/c1-4-19-17(23)11(2)20-18(24)16-9-15(26-21-16)10-25-14-7-5-6-13(8-14)12(3)22/h5-9,11H,4,10H2,1-3H3,(H,19,23)(H,20,24). The Morgan fingerprint density at radius 1 is 1.27 bits per heavy atom. The van der Waals surface area contributed by atoms with Crippen molar-refractivity contribution in [2.24, 2.45) is 0 Å². The minimum Gasteiger partial charge on any atom is -0.486 e. The zero-order valence-corrected chi connectivity index (χ0v) is 14.9. The van der Waals surface area contributed by atoms with Crippen LogP contribution in [0.25, 0.3) is 0 Å². The number of carbonyl (C=O) groups excluding carboxylic acids is 3. The Hall–Kier alpha value is -3.16. The summed E-state index contributed by atoms with van der Waals surface area (Å²) in [5, 5.41) is 8.83. The summed E-state index contributed by atoms with van der Waals surface area (Å²) in [6, 6.07) is 7.50. The molecule has 0 aliphatic carbocycles. The number of rotatable bonds is 8. The van der Waals surface area contributed by atoms with E-state index in [0.717, 1.165) is 0 Å². The van der Waals surface area contributed by atoms with Gasteiger partial charge in [0.25, 0.3) is 5.91 Å². The summed E-state index contributed by atoms with van der Waals surface area (Å²) in [7, 11) is 0. The van der Waals surface area contributed by atoms with E-state index < -0.39 is 11.9 Å². The summed E-state index contributed by atoms with van der Waals surface area (Å²) in [6.45, 7) is 5.38. The van der Waals surface area contributed by atoms with Crippen molar-refractivity contribution in [1.82, 2.24) is 15.8 Å². The lowest BCUT2D eigenvalue weighted by Gasteiger charge is -2.11. The molecule has 1 aromatic heterocycles. The number of ketones is 1. The SMILES string of the molecule is CCNC(=O)C(C)NC(=O)c1cc(COc2cccc(C(C)=O)c2)on1. The molecular formula is C18H21N3O5. The van der Waals surface area contributed by atoms with E-state index in [1.54, 1.807) is 38.1 Å². The van der Waals surface area contributed by atoms with Gasteiger partial charge in [0, 0.05) is 18.2 Å². The van der Waals surface area contributed by atoms with E-state index in [1.165, 1.54) is 13.0 Å². The maximum Gasteiger partial charge on any atom is 0.274 e. The first-order chi connectivity index (χ1) is 12.4. The first kappa shape index (κ1) is 19.2. The third kappa shape index (κ3) is 5.17. The van der Waals surface area contributed by atoms with Crippen molar-refractivity contribution in [1.29, 1.82) is 0 Å². The molecule has 0 aliphatic heterocycles. The molecule has 0 fully saturated rings. The Morgan fingerprint density at radius 3 is 2.73 bits per heavy atom. The molecule has 1 heterocycles. The highest BCUT2D eigenvalue weighted by Crippen LogP contribution is 2.16. The molecule has 0 saturated carbocycles. The molecule has 2 aromatic rings.